The summed E-state index contributed by atoms with van der Waals surface area (Å²) in [6.45, 7) is 5.17. The number of urea groups is 1. The van der Waals surface area contributed by atoms with Crippen LogP contribution in [0.25, 0.3) is 0 Å². The molecule has 4 rings (SSSR count). The first-order valence-corrected chi connectivity index (χ1v) is 11.6. The summed E-state index contributed by atoms with van der Waals surface area (Å²) in [6, 6.07) is -0.636. The van der Waals surface area contributed by atoms with Gasteiger partial charge in [0.2, 0.25) is 0 Å². The number of hydrogen-bond acceptors (Lipinski definition) is 7. The fourth-order valence-corrected chi connectivity index (χ4v) is 5.65. The van der Waals surface area contributed by atoms with Crippen LogP contribution in [0.1, 0.15) is 66.6 Å². The molecular weight excluding hydrogens is 410 g/mol. The molecule has 2 aliphatic carbocycles. The molecule has 2 heterocycles. The number of aliphatic hydroxyl groups is 1. The second-order valence-electron chi connectivity index (χ2n) is 8.09. The minimum absolute atomic E-state index is 0.304. The van der Waals surface area contributed by atoms with Crippen LogP contribution < -0.4 is 11.2 Å². The van der Waals surface area contributed by atoms with Crippen molar-refractivity contribution in [3.05, 3.63) is 33.7 Å². The van der Waals surface area contributed by atoms with E-state index < -0.39 is 23.0 Å². The quantitative estimate of drug-likeness (QED) is 0.287. The van der Waals surface area contributed by atoms with Gasteiger partial charge in [0.25, 0.3) is 4.21 Å². The Balaban J connectivity index is 1.57. The first kappa shape index (κ1) is 20.5. The Hall–Kier alpha value is -1.72. The van der Waals surface area contributed by atoms with E-state index in [0.717, 1.165) is 71.6 Å². The number of aryl methyl sites for hydroxylation is 2. The molecule has 29 heavy (non-hydrogen) atoms. The molecule has 2 aromatic heterocycles. The normalized spacial score (nSPS) is 17.2. The number of nitrogens with zero attached hydrogens (tertiary/aromatic N) is 3. The average molecular weight is 436 g/mol. The summed E-state index contributed by atoms with van der Waals surface area (Å²) < 4.78 is 13.8. The summed E-state index contributed by atoms with van der Waals surface area (Å²) in [5.41, 5.74) is 3.79. The highest BCUT2D eigenvalue weighted by Gasteiger charge is 2.35. The zero-order chi connectivity index (χ0) is 20.9. The maximum Gasteiger partial charge on any atom is 0.379 e. The van der Waals surface area contributed by atoms with Crippen molar-refractivity contribution in [2.24, 2.45) is 5.84 Å². The fraction of sp³-hybridized carbons (Fsp3) is 0.526. The Labute approximate surface area is 176 Å². The van der Waals surface area contributed by atoms with Crippen molar-refractivity contribution >= 4 is 34.4 Å². The summed E-state index contributed by atoms with van der Waals surface area (Å²) >= 11 is -0.855. The van der Waals surface area contributed by atoms with Gasteiger partial charge < -0.3 is 15.0 Å². The summed E-state index contributed by atoms with van der Waals surface area (Å²) in [6.07, 6.45) is 6.34. The summed E-state index contributed by atoms with van der Waals surface area (Å²) in [5, 5.41) is 13.4. The van der Waals surface area contributed by atoms with Crippen LogP contribution in [0, 0.1) is 6.92 Å². The van der Waals surface area contributed by atoms with Crippen molar-refractivity contribution in [1.29, 1.82) is 0 Å². The van der Waals surface area contributed by atoms with E-state index in [-0.39, 0.29) is 0 Å². The molecule has 10 heteroatoms. The number of carbonyl (C=O) groups is 1. The van der Waals surface area contributed by atoms with Gasteiger partial charge in [0.15, 0.2) is 0 Å². The van der Waals surface area contributed by atoms with E-state index in [2.05, 4.69) is 10.3 Å². The predicted octanol–water partition coefficient (Wildman–Crippen LogP) is 2.87. The molecule has 4 N–H and O–H groups in total. The molecular formula is C19H25N5O3S2. The van der Waals surface area contributed by atoms with Gasteiger partial charge >= 0.3 is 6.03 Å². The molecule has 2 amide bonds. The van der Waals surface area contributed by atoms with Crippen molar-refractivity contribution in [1.82, 2.24) is 14.4 Å². The lowest BCUT2D eigenvalue weighted by Crippen LogP contribution is -2.45. The van der Waals surface area contributed by atoms with E-state index >= 15 is 0 Å². The van der Waals surface area contributed by atoms with E-state index in [1.165, 1.54) is 6.20 Å². The van der Waals surface area contributed by atoms with E-state index in [9.17, 15) is 14.5 Å². The zero-order valence-corrected chi connectivity index (χ0v) is 18.3. The van der Waals surface area contributed by atoms with Crippen molar-refractivity contribution in [2.45, 2.75) is 68.6 Å². The van der Waals surface area contributed by atoms with Crippen LogP contribution in [0.15, 0.2) is 10.4 Å². The van der Waals surface area contributed by atoms with Crippen LogP contribution in [0.2, 0.25) is 0 Å². The summed E-state index contributed by atoms with van der Waals surface area (Å²) in [5.74, 6) is 6.32. The number of hydrogen-bond donors (Lipinski definition) is 3. The van der Waals surface area contributed by atoms with Gasteiger partial charge in [-0.2, -0.15) is 5.84 Å². The first-order valence-electron chi connectivity index (χ1n) is 9.65. The van der Waals surface area contributed by atoms with Gasteiger partial charge in [0.05, 0.1) is 11.9 Å². The molecule has 0 saturated heterocycles. The second kappa shape index (κ2) is 7.51. The van der Waals surface area contributed by atoms with Crippen molar-refractivity contribution in [3.63, 3.8) is 0 Å². The maximum atomic E-state index is 12.8. The van der Waals surface area contributed by atoms with Gasteiger partial charge in [-0.05, 0) is 64.4 Å². The molecule has 156 valence electrons. The molecule has 0 spiro atoms. The van der Waals surface area contributed by atoms with Crippen LogP contribution in [-0.2, 0) is 29.8 Å². The van der Waals surface area contributed by atoms with Gasteiger partial charge in [-0.1, -0.05) is 15.8 Å². The van der Waals surface area contributed by atoms with E-state index in [4.69, 9.17) is 10.8 Å². The molecule has 0 unspecified atom stereocenters. The van der Waals surface area contributed by atoms with Crippen molar-refractivity contribution in [3.8, 4) is 0 Å². The number of nitrogens with one attached hydrogen (secondary N) is 1. The molecule has 1 atom stereocenters. The Morgan fingerprint density at radius 3 is 2.79 bits per heavy atom. The number of anilines is 1. The lowest BCUT2D eigenvalue weighted by atomic mass is 10.0. The lowest BCUT2D eigenvalue weighted by molar-refractivity contribution is 0.0783. The third kappa shape index (κ3) is 3.99. The Bertz CT molecular complexity index is 952. The molecule has 8 nitrogen and oxygen atoms in total. The van der Waals surface area contributed by atoms with Crippen molar-refractivity contribution in [2.75, 3.05) is 5.32 Å². The van der Waals surface area contributed by atoms with Crippen LogP contribution in [0.4, 0.5) is 10.5 Å². The van der Waals surface area contributed by atoms with Gasteiger partial charge in [-0.15, -0.1) is 0 Å². The van der Waals surface area contributed by atoms with Gasteiger partial charge in [0, 0.05) is 17.0 Å². The number of thiazole rings is 1. The molecule has 2 aromatic rings. The molecule has 1 fully saturated rings. The van der Waals surface area contributed by atoms with Gasteiger partial charge in [0.1, 0.15) is 22.0 Å². The molecule has 0 aliphatic heterocycles. The number of rotatable bonds is 5. The Kier molecular flexibility index (Phi) is 5.32. The molecule has 0 bridgehead atoms. The molecule has 2 aliphatic rings. The van der Waals surface area contributed by atoms with Gasteiger partial charge in [-0.25, -0.2) is 9.78 Å². The topological polar surface area (TPSA) is 127 Å². The SMILES string of the molecule is Cc1nc2c(c(NC(=O)N(N)[S@@+]([O-])c3cnc(C(C)(C)O)s3)c1C1CC1)CCC2. The van der Waals surface area contributed by atoms with Crippen LogP contribution in [0.3, 0.4) is 0 Å². The number of pyridine rings is 1. The number of hydrazine groups is 1. The Morgan fingerprint density at radius 1 is 1.45 bits per heavy atom. The number of aromatic nitrogens is 2. The highest BCUT2D eigenvalue weighted by atomic mass is 32.2. The second-order valence-corrected chi connectivity index (χ2v) is 10.7. The van der Waals surface area contributed by atoms with Crippen molar-refractivity contribution < 1.29 is 14.5 Å². The minimum Gasteiger partial charge on any atom is -0.586 e. The number of carbonyl (C=O) groups excluding carboxylic acids is 1. The highest BCUT2D eigenvalue weighted by molar-refractivity contribution is 7.91. The smallest absolute Gasteiger partial charge is 0.379 e. The third-order valence-electron chi connectivity index (χ3n) is 5.23. The molecule has 0 radical (unpaired) electrons. The molecule has 0 aromatic carbocycles. The van der Waals surface area contributed by atoms with Crippen LogP contribution in [0.5, 0.6) is 0 Å². The fourth-order valence-electron chi connectivity index (χ4n) is 3.70. The number of nitrogens with two attached hydrogens (primary N) is 1. The summed E-state index contributed by atoms with van der Waals surface area (Å²) in [7, 11) is 0. The van der Waals surface area contributed by atoms with E-state index in [1.807, 2.05) is 6.92 Å². The highest BCUT2D eigenvalue weighted by Crippen LogP contribution is 2.47. The zero-order valence-electron chi connectivity index (χ0n) is 16.7. The predicted molar refractivity (Wildman–Crippen MR) is 112 cm³/mol. The monoisotopic (exact) mass is 435 g/mol. The molecule has 1 saturated carbocycles. The van der Waals surface area contributed by atoms with E-state index in [0.29, 0.717) is 19.5 Å². The number of fused-ring (bicyclic) bond motifs is 1. The van der Waals surface area contributed by atoms with Gasteiger partial charge in [-0.3, -0.25) is 4.98 Å². The third-order valence-corrected chi connectivity index (χ3v) is 7.98. The average Bonchev–Trinajstić information content (AvgIpc) is 3.16. The van der Waals surface area contributed by atoms with E-state index in [1.54, 1.807) is 13.8 Å². The largest absolute Gasteiger partial charge is 0.586 e. The summed E-state index contributed by atoms with van der Waals surface area (Å²) in [4.78, 5) is 21.7. The standard InChI is InChI=1S/C19H25N5O3S2/c1-10-15(11-7-8-11)16(12-5-4-6-13(12)22-10)23-18(25)24(20)29(27)14-9-21-17(28-14)19(2,3)26/h9,11,26H,4-8,20H2,1-3H3,(H,22,23,25)/t29-/m0/s1. The first-order chi connectivity index (χ1) is 13.7. The van der Waals surface area contributed by atoms with Crippen LogP contribution in [-0.4, -0.2) is 30.1 Å². The maximum absolute atomic E-state index is 12.8. The minimum atomic E-state index is -1.92. The Morgan fingerprint density at radius 2 is 2.17 bits per heavy atom. The van der Waals surface area contributed by atoms with Crippen LogP contribution >= 0.6 is 11.3 Å². The lowest BCUT2D eigenvalue weighted by Gasteiger charge is -2.21. The number of amides is 2.